The van der Waals surface area contributed by atoms with Gasteiger partial charge in [0.15, 0.2) is 0 Å². The first kappa shape index (κ1) is 17.0. The highest BCUT2D eigenvalue weighted by Crippen LogP contribution is 2.15. The number of carboxylic acids is 1. The predicted octanol–water partition coefficient (Wildman–Crippen LogP) is 3.03. The number of hydrogen-bond acceptors (Lipinski definition) is 2. The molecular weight excluding hydrogens is 268 g/mol. The summed E-state index contributed by atoms with van der Waals surface area (Å²) in [7, 11) is 0. The van der Waals surface area contributed by atoms with Crippen molar-refractivity contribution in [2.45, 2.75) is 40.2 Å². The lowest BCUT2D eigenvalue weighted by Gasteiger charge is -2.24. The summed E-state index contributed by atoms with van der Waals surface area (Å²) in [6.45, 7) is 8.17. The van der Waals surface area contributed by atoms with Crippen LogP contribution in [0.2, 0.25) is 0 Å². The molecule has 116 valence electrons. The van der Waals surface area contributed by atoms with Crippen molar-refractivity contribution in [3.05, 3.63) is 29.8 Å². The van der Waals surface area contributed by atoms with Crippen LogP contribution in [-0.4, -0.2) is 29.7 Å². The van der Waals surface area contributed by atoms with Crippen molar-refractivity contribution in [2.75, 3.05) is 11.4 Å². The number of nitrogens with one attached hydrogen (secondary N) is 1. The molecule has 0 aliphatic heterocycles. The SMILES string of the molecule is CCN(C(=O)NC(CC(C)C)C(=O)O)c1ccc(C)cc1. The summed E-state index contributed by atoms with van der Waals surface area (Å²) >= 11 is 0. The zero-order valence-corrected chi connectivity index (χ0v) is 13.1. The number of aryl methyl sites for hydroxylation is 1. The zero-order chi connectivity index (χ0) is 16.0. The molecule has 2 amide bonds. The molecule has 1 atom stereocenters. The molecule has 21 heavy (non-hydrogen) atoms. The Kier molecular flexibility index (Phi) is 6.21. The molecule has 0 saturated carbocycles. The van der Waals surface area contributed by atoms with Crippen molar-refractivity contribution in [1.82, 2.24) is 5.32 Å². The first-order valence-electron chi connectivity index (χ1n) is 7.22. The second kappa shape index (κ2) is 7.67. The van der Waals surface area contributed by atoms with Crippen LogP contribution in [0.15, 0.2) is 24.3 Å². The average molecular weight is 292 g/mol. The van der Waals surface area contributed by atoms with Gasteiger partial charge >= 0.3 is 12.0 Å². The maximum Gasteiger partial charge on any atom is 0.326 e. The van der Waals surface area contributed by atoms with E-state index < -0.39 is 12.0 Å². The average Bonchev–Trinajstić information content (AvgIpc) is 2.40. The monoisotopic (exact) mass is 292 g/mol. The van der Waals surface area contributed by atoms with Crippen LogP contribution in [0.3, 0.4) is 0 Å². The van der Waals surface area contributed by atoms with Gasteiger partial charge in [-0.05, 0) is 38.3 Å². The Morgan fingerprint density at radius 1 is 1.24 bits per heavy atom. The van der Waals surface area contributed by atoms with Crippen molar-refractivity contribution >= 4 is 17.7 Å². The highest BCUT2D eigenvalue weighted by Gasteiger charge is 2.24. The van der Waals surface area contributed by atoms with Crippen molar-refractivity contribution < 1.29 is 14.7 Å². The molecule has 2 N–H and O–H groups in total. The molecule has 5 nitrogen and oxygen atoms in total. The number of carboxylic acid groups (broad SMARTS) is 1. The number of carbonyl (C=O) groups excluding carboxylic acids is 1. The van der Waals surface area contributed by atoms with Crippen LogP contribution in [0.4, 0.5) is 10.5 Å². The first-order valence-corrected chi connectivity index (χ1v) is 7.22. The number of hydrogen-bond donors (Lipinski definition) is 2. The largest absolute Gasteiger partial charge is 0.480 e. The van der Waals surface area contributed by atoms with Crippen LogP contribution >= 0.6 is 0 Å². The van der Waals surface area contributed by atoms with Crippen molar-refractivity contribution in [2.24, 2.45) is 5.92 Å². The van der Waals surface area contributed by atoms with Gasteiger partial charge in [-0.1, -0.05) is 31.5 Å². The molecule has 1 aromatic rings. The van der Waals surface area contributed by atoms with Gasteiger partial charge in [-0.25, -0.2) is 9.59 Å². The maximum absolute atomic E-state index is 12.3. The van der Waals surface area contributed by atoms with Crippen molar-refractivity contribution in [3.63, 3.8) is 0 Å². The molecule has 1 unspecified atom stereocenters. The van der Waals surface area contributed by atoms with Crippen LogP contribution in [0.1, 0.15) is 32.8 Å². The normalized spacial score (nSPS) is 12.0. The molecule has 0 spiro atoms. The zero-order valence-electron chi connectivity index (χ0n) is 13.1. The molecule has 1 aromatic carbocycles. The van der Waals surface area contributed by atoms with E-state index in [9.17, 15) is 14.7 Å². The van der Waals surface area contributed by atoms with Gasteiger partial charge in [0, 0.05) is 12.2 Å². The fourth-order valence-corrected chi connectivity index (χ4v) is 2.09. The summed E-state index contributed by atoms with van der Waals surface area (Å²) in [5.41, 5.74) is 1.87. The van der Waals surface area contributed by atoms with Gasteiger partial charge in [0.2, 0.25) is 0 Å². The van der Waals surface area contributed by atoms with E-state index in [1.54, 1.807) is 0 Å². The number of nitrogens with zero attached hydrogens (tertiary/aromatic N) is 1. The highest BCUT2D eigenvalue weighted by atomic mass is 16.4. The highest BCUT2D eigenvalue weighted by molar-refractivity contribution is 5.94. The van der Waals surface area contributed by atoms with E-state index >= 15 is 0 Å². The van der Waals surface area contributed by atoms with Gasteiger partial charge in [-0.2, -0.15) is 0 Å². The molecule has 0 aliphatic carbocycles. The summed E-state index contributed by atoms with van der Waals surface area (Å²) in [4.78, 5) is 25.1. The first-order chi connectivity index (χ1) is 9.85. The number of carbonyl (C=O) groups is 2. The van der Waals surface area contributed by atoms with E-state index in [0.717, 1.165) is 11.3 Å². The van der Waals surface area contributed by atoms with Crippen LogP contribution in [0.5, 0.6) is 0 Å². The van der Waals surface area contributed by atoms with E-state index in [0.29, 0.717) is 13.0 Å². The van der Waals surface area contributed by atoms with Crippen LogP contribution in [0, 0.1) is 12.8 Å². The maximum atomic E-state index is 12.3. The minimum atomic E-state index is -1.00. The second-order valence-corrected chi connectivity index (χ2v) is 5.55. The summed E-state index contributed by atoms with van der Waals surface area (Å²) in [5, 5.41) is 11.8. The number of aliphatic carboxylic acids is 1. The summed E-state index contributed by atoms with van der Waals surface area (Å²) in [6, 6.07) is 6.32. The molecule has 0 heterocycles. The molecule has 5 heteroatoms. The molecule has 0 saturated heterocycles. The van der Waals surface area contributed by atoms with Gasteiger partial charge in [0.05, 0.1) is 0 Å². The van der Waals surface area contributed by atoms with Crippen molar-refractivity contribution in [1.29, 1.82) is 0 Å². The number of urea groups is 1. The Bertz CT molecular complexity index is 483. The van der Waals surface area contributed by atoms with Crippen LogP contribution in [-0.2, 0) is 4.79 Å². The van der Waals surface area contributed by atoms with Gasteiger partial charge in [0.25, 0.3) is 0 Å². The van der Waals surface area contributed by atoms with E-state index in [2.05, 4.69) is 5.32 Å². The van der Waals surface area contributed by atoms with Gasteiger partial charge < -0.3 is 10.4 Å². The second-order valence-electron chi connectivity index (χ2n) is 5.55. The Labute approximate surface area is 126 Å². The van der Waals surface area contributed by atoms with E-state index in [1.165, 1.54) is 4.90 Å². The number of rotatable bonds is 6. The smallest absolute Gasteiger partial charge is 0.326 e. The van der Waals surface area contributed by atoms with Crippen LogP contribution in [0.25, 0.3) is 0 Å². The number of anilines is 1. The van der Waals surface area contributed by atoms with E-state index in [4.69, 9.17) is 0 Å². The lowest BCUT2D eigenvalue weighted by Crippen LogP contribution is -2.48. The summed E-state index contributed by atoms with van der Waals surface area (Å²) < 4.78 is 0. The third kappa shape index (κ3) is 5.10. The number of benzene rings is 1. The Balaban J connectivity index is 2.82. The van der Waals surface area contributed by atoms with Crippen LogP contribution < -0.4 is 10.2 Å². The van der Waals surface area contributed by atoms with Crippen molar-refractivity contribution in [3.8, 4) is 0 Å². The summed E-state index contributed by atoms with van der Waals surface area (Å²) in [5.74, 6) is -0.808. The number of amides is 2. The van der Waals surface area contributed by atoms with Gasteiger partial charge in [0.1, 0.15) is 6.04 Å². The standard InChI is InChI=1S/C16H24N2O3/c1-5-18(13-8-6-12(4)7-9-13)16(21)17-14(15(19)20)10-11(2)3/h6-9,11,14H,5,10H2,1-4H3,(H,17,21)(H,19,20). The van der Waals surface area contributed by atoms with E-state index in [1.807, 2.05) is 52.0 Å². The molecule has 1 rings (SSSR count). The van der Waals surface area contributed by atoms with Gasteiger partial charge in [-0.3, -0.25) is 4.90 Å². The predicted molar refractivity (Wildman–Crippen MR) is 83.6 cm³/mol. The Morgan fingerprint density at radius 3 is 2.24 bits per heavy atom. The fraction of sp³-hybridized carbons (Fsp3) is 0.500. The van der Waals surface area contributed by atoms with Gasteiger partial charge in [-0.15, -0.1) is 0 Å². The Hall–Kier alpha value is -2.04. The quantitative estimate of drug-likeness (QED) is 0.846. The molecule has 0 bridgehead atoms. The third-order valence-corrected chi connectivity index (χ3v) is 3.21. The molecular formula is C16H24N2O3. The lowest BCUT2D eigenvalue weighted by atomic mass is 10.0. The Morgan fingerprint density at radius 2 is 1.81 bits per heavy atom. The summed E-state index contributed by atoms with van der Waals surface area (Å²) in [6.07, 6.45) is 0.409. The lowest BCUT2D eigenvalue weighted by molar-refractivity contribution is -0.139. The topological polar surface area (TPSA) is 69.6 Å². The molecule has 0 aromatic heterocycles. The minimum Gasteiger partial charge on any atom is -0.480 e. The van der Waals surface area contributed by atoms with E-state index in [-0.39, 0.29) is 11.9 Å². The molecule has 0 fully saturated rings. The third-order valence-electron chi connectivity index (χ3n) is 3.21. The fourth-order valence-electron chi connectivity index (χ4n) is 2.09. The molecule has 0 radical (unpaired) electrons. The minimum absolute atomic E-state index is 0.195. The molecule has 0 aliphatic rings.